The number of nitro benzene ring substituents is 1. The van der Waals surface area contributed by atoms with Gasteiger partial charge < -0.3 is 9.84 Å². The Morgan fingerprint density at radius 3 is 2.89 bits per heavy atom. The van der Waals surface area contributed by atoms with E-state index >= 15 is 0 Å². The number of carboxylic acids is 1. The van der Waals surface area contributed by atoms with Crippen molar-refractivity contribution in [3.63, 3.8) is 0 Å². The van der Waals surface area contributed by atoms with Crippen LogP contribution in [-0.2, 0) is 6.61 Å². The molecule has 1 N–H and O–H groups in total. The zero-order chi connectivity index (χ0) is 13.8. The molecular weight excluding hydrogens is 272 g/mol. The lowest BCUT2D eigenvalue weighted by Gasteiger charge is -2.06. The standard InChI is InChI=1S/C11H8N2O5S/c14-11(15)7-1-2-9(13(16)17)10(3-7)18-4-8-5-19-6-12-8/h1-3,5-6H,4H2,(H,14,15). The average molecular weight is 280 g/mol. The van der Waals surface area contributed by atoms with Gasteiger partial charge in [0.1, 0.15) is 6.61 Å². The summed E-state index contributed by atoms with van der Waals surface area (Å²) in [5, 5.41) is 21.4. The van der Waals surface area contributed by atoms with Crippen LogP contribution in [-0.4, -0.2) is 21.0 Å². The van der Waals surface area contributed by atoms with Crippen molar-refractivity contribution >= 4 is 23.0 Å². The number of rotatable bonds is 5. The third-order valence-corrected chi connectivity index (χ3v) is 2.90. The topological polar surface area (TPSA) is 103 Å². The van der Waals surface area contributed by atoms with Crippen LogP contribution in [0.4, 0.5) is 5.69 Å². The summed E-state index contributed by atoms with van der Waals surface area (Å²) >= 11 is 1.37. The van der Waals surface area contributed by atoms with E-state index < -0.39 is 10.9 Å². The summed E-state index contributed by atoms with van der Waals surface area (Å²) < 4.78 is 5.27. The number of hydrogen-bond acceptors (Lipinski definition) is 6. The molecule has 8 heteroatoms. The van der Waals surface area contributed by atoms with Gasteiger partial charge >= 0.3 is 11.7 Å². The van der Waals surface area contributed by atoms with Crippen LogP contribution >= 0.6 is 11.3 Å². The number of nitrogens with zero attached hydrogens (tertiary/aromatic N) is 2. The van der Waals surface area contributed by atoms with Gasteiger partial charge in [-0.1, -0.05) is 0 Å². The molecule has 0 saturated carbocycles. The fourth-order valence-electron chi connectivity index (χ4n) is 1.37. The quantitative estimate of drug-likeness (QED) is 0.666. The van der Waals surface area contributed by atoms with Crippen LogP contribution in [0.15, 0.2) is 29.1 Å². The number of nitro groups is 1. The Hall–Kier alpha value is -2.48. The Labute approximate surface area is 111 Å². The molecule has 2 aromatic rings. The Morgan fingerprint density at radius 1 is 1.53 bits per heavy atom. The maximum Gasteiger partial charge on any atom is 0.335 e. The van der Waals surface area contributed by atoms with Crippen molar-refractivity contribution in [2.24, 2.45) is 0 Å². The first-order valence-corrected chi connectivity index (χ1v) is 6.04. The first kappa shape index (κ1) is 13.0. The molecule has 19 heavy (non-hydrogen) atoms. The van der Waals surface area contributed by atoms with Gasteiger partial charge in [-0.05, 0) is 6.07 Å². The van der Waals surface area contributed by atoms with Gasteiger partial charge in [0.05, 0.1) is 21.7 Å². The summed E-state index contributed by atoms with van der Waals surface area (Å²) in [4.78, 5) is 25.0. The van der Waals surface area contributed by atoms with Crippen molar-refractivity contribution in [2.75, 3.05) is 0 Å². The van der Waals surface area contributed by atoms with Crippen molar-refractivity contribution < 1.29 is 19.6 Å². The largest absolute Gasteiger partial charge is 0.480 e. The van der Waals surface area contributed by atoms with E-state index in [-0.39, 0.29) is 23.6 Å². The lowest BCUT2D eigenvalue weighted by atomic mass is 10.2. The van der Waals surface area contributed by atoms with Gasteiger partial charge in [0.2, 0.25) is 0 Å². The average Bonchev–Trinajstić information content (AvgIpc) is 2.88. The summed E-state index contributed by atoms with van der Waals surface area (Å²) in [6.07, 6.45) is 0. The second-order valence-corrected chi connectivity index (χ2v) is 4.23. The molecule has 1 heterocycles. The summed E-state index contributed by atoms with van der Waals surface area (Å²) in [7, 11) is 0. The van der Waals surface area contributed by atoms with Gasteiger partial charge in [-0.3, -0.25) is 10.1 Å². The van der Waals surface area contributed by atoms with Crippen molar-refractivity contribution in [3.05, 3.63) is 50.5 Å². The fraction of sp³-hybridized carbons (Fsp3) is 0.0909. The molecular formula is C11H8N2O5S. The summed E-state index contributed by atoms with van der Waals surface area (Å²) in [5.41, 5.74) is 1.89. The summed E-state index contributed by atoms with van der Waals surface area (Å²) in [6, 6.07) is 3.41. The molecule has 0 unspecified atom stereocenters. The third-order valence-electron chi connectivity index (χ3n) is 2.26. The number of carbonyl (C=O) groups is 1. The van der Waals surface area contributed by atoms with Gasteiger partial charge in [0.15, 0.2) is 5.75 Å². The molecule has 0 aliphatic heterocycles. The van der Waals surface area contributed by atoms with Crippen molar-refractivity contribution in [3.8, 4) is 5.75 Å². The maximum atomic E-state index is 10.8. The van der Waals surface area contributed by atoms with Crippen LogP contribution in [0.3, 0.4) is 0 Å². The highest BCUT2D eigenvalue weighted by atomic mass is 32.1. The molecule has 0 radical (unpaired) electrons. The van der Waals surface area contributed by atoms with Gasteiger partial charge in [-0.2, -0.15) is 0 Å². The maximum absolute atomic E-state index is 10.8. The van der Waals surface area contributed by atoms with Crippen LogP contribution < -0.4 is 4.74 Å². The second-order valence-electron chi connectivity index (χ2n) is 3.51. The Bertz CT molecular complexity index is 612. The lowest BCUT2D eigenvalue weighted by molar-refractivity contribution is -0.385. The summed E-state index contributed by atoms with van der Waals surface area (Å²) in [6.45, 7) is 0.0490. The van der Waals surface area contributed by atoms with Crippen LogP contribution in [0.2, 0.25) is 0 Å². The molecule has 0 spiro atoms. The third kappa shape index (κ3) is 3.05. The predicted octanol–water partition coefficient (Wildman–Crippen LogP) is 2.33. The van der Waals surface area contributed by atoms with Crippen molar-refractivity contribution in [2.45, 2.75) is 6.61 Å². The molecule has 0 fully saturated rings. The highest BCUT2D eigenvalue weighted by Crippen LogP contribution is 2.28. The first-order chi connectivity index (χ1) is 9.08. The Morgan fingerprint density at radius 2 is 2.32 bits per heavy atom. The number of hydrogen-bond donors (Lipinski definition) is 1. The highest BCUT2D eigenvalue weighted by molar-refractivity contribution is 7.07. The molecule has 0 atom stereocenters. The van der Waals surface area contributed by atoms with E-state index in [0.717, 1.165) is 18.2 Å². The Balaban J connectivity index is 2.27. The van der Waals surface area contributed by atoms with Gasteiger partial charge in [-0.15, -0.1) is 11.3 Å². The molecule has 98 valence electrons. The summed E-state index contributed by atoms with van der Waals surface area (Å²) in [5.74, 6) is -1.26. The molecule has 1 aromatic heterocycles. The van der Waals surface area contributed by atoms with E-state index in [0.29, 0.717) is 5.69 Å². The van der Waals surface area contributed by atoms with E-state index in [1.54, 1.807) is 10.9 Å². The second kappa shape index (κ2) is 5.44. The van der Waals surface area contributed by atoms with Crippen LogP contribution in [0.1, 0.15) is 16.1 Å². The van der Waals surface area contributed by atoms with E-state index in [9.17, 15) is 14.9 Å². The molecule has 0 bridgehead atoms. The SMILES string of the molecule is O=C(O)c1ccc([N+](=O)[O-])c(OCc2cscn2)c1. The number of benzene rings is 1. The molecule has 1 aromatic carbocycles. The van der Waals surface area contributed by atoms with E-state index in [4.69, 9.17) is 9.84 Å². The molecule has 0 saturated heterocycles. The van der Waals surface area contributed by atoms with E-state index in [1.807, 2.05) is 0 Å². The molecule has 0 aliphatic rings. The predicted molar refractivity (Wildman–Crippen MR) is 66.5 cm³/mol. The fourth-order valence-corrected chi connectivity index (χ4v) is 1.92. The van der Waals surface area contributed by atoms with Crippen LogP contribution in [0, 0.1) is 10.1 Å². The smallest absolute Gasteiger partial charge is 0.335 e. The highest BCUT2D eigenvalue weighted by Gasteiger charge is 2.18. The number of carboxylic acid groups (broad SMARTS) is 1. The van der Waals surface area contributed by atoms with Crippen LogP contribution in [0.25, 0.3) is 0 Å². The Kier molecular flexibility index (Phi) is 3.71. The van der Waals surface area contributed by atoms with Crippen molar-refractivity contribution in [1.82, 2.24) is 4.98 Å². The van der Waals surface area contributed by atoms with Gasteiger partial charge in [0, 0.05) is 17.5 Å². The number of aromatic nitrogens is 1. The molecule has 0 amide bonds. The zero-order valence-electron chi connectivity index (χ0n) is 9.48. The van der Waals surface area contributed by atoms with E-state index in [2.05, 4.69) is 4.98 Å². The molecule has 2 rings (SSSR count). The molecule has 0 aliphatic carbocycles. The molecule has 7 nitrogen and oxygen atoms in total. The minimum absolute atomic E-state index is 0.0490. The van der Waals surface area contributed by atoms with E-state index in [1.165, 1.54) is 11.3 Å². The zero-order valence-corrected chi connectivity index (χ0v) is 10.3. The minimum atomic E-state index is -1.17. The van der Waals surface area contributed by atoms with Crippen LogP contribution in [0.5, 0.6) is 5.75 Å². The first-order valence-electron chi connectivity index (χ1n) is 5.09. The normalized spacial score (nSPS) is 10.1. The minimum Gasteiger partial charge on any atom is -0.480 e. The van der Waals surface area contributed by atoms with Gasteiger partial charge in [-0.25, -0.2) is 9.78 Å². The monoisotopic (exact) mass is 280 g/mol. The number of thiazole rings is 1. The van der Waals surface area contributed by atoms with Gasteiger partial charge in [0.25, 0.3) is 0 Å². The lowest BCUT2D eigenvalue weighted by Crippen LogP contribution is -2.02. The van der Waals surface area contributed by atoms with Crippen molar-refractivity contribution in [1.29, 1.82) is 0 Å². The number of aromatic carboxylic acids is 1. The number of ether oxygens (including phenoxy) is 1.